The van der Waals surface area contributed by atoms with Gasteiger partial charge in [-0.25, -0.2) is 4.39 Å². The zero-order chi connectivity index (χ0) is 13.8. The molecule has 0 amide bonds. The highest BCUT2D eigenvalue weighted by Crippen LogP contribution is 2.33. The van der Waals surface area contributed by atoms with Gasteiger partial charge in [0.1, 0.15) is 11.6 Å². The van der Waals surface area contributed by atoms with E-state index in [1.165, 1.54) is 12.1 Å². The van der Waals surface area contributed by atoms with Gasteiger partial charge in [0.15, 0.2) is 0 Å². The van der Waals surface area contributed by atoms with Gasteiger partial charge in [-0.05, 0) is 43.2 Å². The van der Waals surface area contributed by atoms with E-state index < -0.39 is 0 Å². The van der Waals surface area contributed by atoms with Crippen LogP contribution in [0.3, 0.4) is 0 Å². The second-order valence-corrected chi connectivity index (χ2v) is 4.67. The summed E-state index contributed by atoms with van der Waals surface area (Å²) >= 11 is 0. The summed E-state index contributed by atoms with van der Waals surface area (Å²) in [4.78, 5) is 0. The van der Waals surface area contributed by atoms with Crippen molar-refractivity contribution in [2.75, 3.05) is 0 Å². The van der Waals surface area contributed by atoms with Gasteiger partial charge in [0, 0.05) is 12.1 Å². The molecule has 2 nitrogen and oxygen atoms in total. The van der Waals surface area contributed by atoms with E-state index in [4.69, 9.17) is 10.5 Å². The third-order valence-corrected chi connectivity index (χ3v) is 2.83. The Morgan fingerprint density at radius 2 is 1.84 bits per heavy atom. The average molecular weight is 259 g/mol. The molecule has 2 aromatic rings. The van der Waals surface area contributed by atoms with E-state index >= 15 is 0 Å². The van der Waals surface area contributed by atoms with E-state index in [1.54, 1.807) is 6.07 Å². The van der Waals surface area contributed by atoms with Gasteiger partial charge >= 0.3 is 0 Å². The maximum atomic E-state index is 13.3. The summed E-state index contributed by atoms with van der Waals surface area (Å²) in [6, 6.07) is 12.4. The topological polar surface area (TPSA) is 35.2 Å². The van der Waals surface area contributed by atoms with E-state index in [1.807, 2.05) is 38.1 Å². The van der Waals surface area contributed by atoms with Crippen LogP contribution in [-0.2, 0) is 6.54 Å². The van der Waals surface area contributed by atoms with E-state index in [0.717, 1.165) is 22.4 Å². The first-order valence-electron chi connectivity index (χ1n) is 6.36. The summed E-state index contributed by atoms with van der Waals surface area (Å²) in [5, 5.41) is 0. The van der Waals surface area contributed by atoms with Crippen molar-refractivity contribution in [3.05, 3.63) is 53.8 Å². The number of nitrogens with two attached hydrogens (primary N) is 1. The molecule has 0 spiro atoms. The molecule has 0 saturated carbocycles. The molecule has 0 bridgehead atoms. The van der Waals surface area contributed by atoms with Crippen molar-refractivity contribution < 1.29 is 9.13 Å². The van der Waals surface area contributed by atoms with Crippen LogP contribution in [0, 0.1) is 5.82 Å². The zero-order valence-electron chi connectivity index (χ0n) is 11.2. The fraction of sp³-hybridized carbons (Fsp3) is 0.250. The molecule has 0 radical (unpaired) electrons. The predicted molar refractivity (Wildman–Crippen MR) is 75.5 cm³/mol. The molecular formula is C16H18FNO. The molecular weight excluding hydrogens is 241 g/mol. The van der Waals surface area contributed by atoms with E-state index in [-0.39, 0.29) is 11.9 Å². The van der Waals surface area contributed by atoms with Gasteiger partial charge < -0.3 is 10.5 Å². The number of halogens is 1. The van der Waals surface area contributed by atoms with Crippen LogP contribution in [0.5, 0.6) is 5.75 Å². The molecule has 2 rings (SSSR count). The Labute approximate surface area is 113 Å². The lowest BCUT2D eigenvalue weighted by atomic mass is 9.98. The Morgan fingerprint density at radius 1 is 1.11 bits per heavy atom. The molecule has 0 unspecified atom stereocenters. The first-order chi connectivity index (χ1) is 9.11. The molecule has 0 aliphatic carbocycles. The molecule has 0 fully saturated rings. The fourth-order valence-electron chi connectivity index (χ4n) is 2.04. The maximum Gasteiger partial charge on any atom is 0.127 e. The van der Waals surface area contributed by atoms with Gasteiger partial charge in [-0.1, -0.05) is 24.3 Å². The first-order valence-corrected chi connectivity index (χ1v) is 6.36. The van der Waals surface area contributed by atoms with Crippen LogP contribution >= 0.6 is 0 Å². The van der Waals surface area contributed by atoms with Gasteiger partial charge in [-0.15, -0.1) is 0 Å². The van der Waals surface area contributed by atoms with E-state index in [0.29, 0.717) is 6.54 Å². The molecule has 0 heterocycles. The van der Waals surface area contributed by atoms with Crippen molar-refractivity contribution in [2.24, 2.45) is 5.73 Å². The fourth-order valence-corrected chi connectivity index (χ4v) is 2.04. The van der Waals surface area contributed by atoms with Crippen molar-refractivity contribution in [3.8, 4) is 16.9 Å². The Morgan fingerprint density at radius 3 is 2.53 bits per heavy atom. The molecule has 0 atom stereocenters. The lowest BCUT2D eigenvalue weighted by Crippen LogP contribution is -2.07. The summed E-state index contributed by atoms with van der Waals surface area (Å²) in [5.74, 6) is 0.519. The number of rotatable bonds is 4. The van der Waals surface area contributed by atoms with Crippen LogP contribution < -0.4 is 10.5 Å². The summed E-state index contributed by atoms with van der Waals surface area (Å²) in [5.41, 5.74) is 8.34. The van der Waals surface area contributed by atoms with Crippen LogP contribution in [0.1, 0.15) is 19.4 Å². The van der Waals surface area contributed by atoms with Crippen molar-refractivity contribution in [3.63, 3.8) is 0 Å². The predicted octanol–water partition coefficient (Wildman–Crippen LogP) is 3.74. The minimum absolute atomic E-state index is 0.0860. The summed E-state index contributed by atoms with van der Waals surface area (Å²) in [6.07, 6.45) is 0.0860. The first kappa shape index (κ1) is 13.6. The van der Waals surface area contributed by atoms with Crippen molar-refractivity contribution >= 4 is 0 Å². The molecule has 0 aliphatic heterocycles. The van der Waals surface area contributed by atoms with Gasteiger partial charge in [0.05, 0.1) is 6.10 Å². The largest absolute Gasteiger partial charge is 0.490 e. The van der Waals surface area contributed by atoms with E-state index in [2.05, 4.69) is 0 Å². The van der Waals surface area contributed by atoms with Gasteiger partial charge in [0.25, 0.3) is 0 Å². The molecule has 0 aromatic heterocycles. The quantitative estimate of drug-likeness (QED) is 0.907. The Hall–Kier alpha value is -1.87. The number of hydrogen-bond acceptors (Lipinski definition) is 2. The third kappa shape index (κ3) is 3.12. The van der Waals surface area contributed by atoms with Gasteiger partial charge in [-0.3, -0.25) is 0 Å². The normalized spacial score (nSPS) is 10.8. The molecule has 3 heteroatoms. The Kier molecular flexibility index (Phi) is 4.17. The monoisotopic (exact) mass is 259 g/mol. The third-order valence-electron chi connectivity index (χ3n) is 2.83. The summed E-state index contributed by atoms with van der Waals surface area (Å²) in [6.45, 7) is 4.25. The summed E-state index contributed by atoms with van der Waals surface area (Å²) in [7, 11) is 0. The second kappa shape index (κ2) is 5.85. The lowest BCUT2D eigenvalue weighted by Gasteiger charge is -2.16. The number of benzene rings is 2. The van der Waals surface area contributed by atoms with Gasteiger partial charge in [-0.2, -0.15) is 0 Å². The summed E-state index contributed by atoms with van der Waals surface area (Å²) < 4.78 is 19.1. The standard InChI is InChI=1S/C16H18FNO/c1-11(2)19-16-6-4-3-5-15(16)14-8-7-13(17)9-12(14)10-18/h3-9,11H,10,18H2,1-2H3. The number of hydrogen-bond donors (Lipinski definition) is 1. The molecule has 0 saturated heterocycles. The van der Waals surface area contributed by atoms with Crippen molar-refractivity contribution in [1.29, 1.82) is 0 Å². The van der Waals surface area contributed by atoms with E-state index in [9.17, 15) is 4.39 Å². The van der Waals surface area contributed by atoms with Crippen molar-refractivity contribution in [2.45, 2.75) is 26.5 Å². The second-order valence-electron chi connectivity index (χ2n) is 4.67. The number of para-hydroxylation sites is 1. The smallest absolute Gasteiger partial charge is 0.127 e. The minimum atomic E-state index is -0.272. The maximum absolute atomic E-state index is 13.3. The molecule has 2 N–H and O–H groups in total. The minimum Gasteiger partial charge on any atom is -0.490 e. The highest BCUT2D eigenvalue weighted by atomic mass is 19.1. The van der Waals surface area contributed by atoms with Crippen LogP contribution in [-0.4, -0.2) is 6.10 Å². The Balaban J connectivity index is 2.52. The van der Waals surface area contributed by atoms with Crippen LogP contribution in [0.2, 0.25) is 0 Å². The molecule has 2 aromatic carbocycles. The molecule has 19 heavy (non-hydrogen) atoms. The SMILES string of the molecule is CC(C)Oc1ccccc1-c1ccc(F)cc1CN. The lowest BCUT2D eigenvalue weighted by molar-refractivity contribution is 0.243. The zero-order valence-corrected chi connectivity index (χ0v) is 11.2. The van der Waals surface area contributed by atoms with Crippen LogP contribution in [0.25, 0.3) is 11.1 Å². The Bertz CT molecular complexity index is 566. The molecule has 0 aliphatic rings. The molecule has 100 valence electrons. The highest BCUT2D eigenvalue weighted by Gasteiger charge is 2.11. The van der Waals surface area contributed by atoms with Gasteiger partial charge in [0.2, 0.25) is 0 Å². The van der Waals surface area contributed by atoms with Crippen molar-refractivity contribution in [1.82, 2.24) is 0 Å². The van der Waals surface area contributed by atoms with Crippen LogP contribution in [0.4, 0.5) is 4.39 Å². The average Bonchev–Trinajstić information content (AvgIpc) is 2.39. The number of ether oxygens (including phenoxy) is 1. The van der Waals surface area contributed by atoms with Crippen LogP contribution in [0.15, 0.2) is 42.5 Å². The highest BCUT2D eigenvalue weighted by molar-refractivity contribution is 5.73.